The number of rotatable bonds is 3. The van der Waals surface area contributed by atoms with Crippen LogP contribution in [-0.4, -0.2) is 35.3 Å². The first kappa shape index (κ1) is 21.6. The first-order chi connectivity index (χ1) is 15.3. The molecule has 32 heavy (non-hydrogen) atoms. The molecule has 8 heteroatoms. The lowest BCUT2D eigenvalue weighted by atomic mass is 9.83. The van der Waals surface area contributed by atoms with E-state index in [1.165, 1.54) is 23.3 Å². The van der Waals surface area contributed by atoms with Crippen LogP contribution in [0.3, 0.4) is 0 Å². The van der Waals surface area contributed by atoms with Gasteiger partial charge in [0, 0.05) is 12.2 Å². The Balaban J connectivity index is 1.40. The highest BCUT2D eigenvalue weighted by atomic mass is 32.2. The normalized spacial score (nSPS) is 21.8. The van der Waals surface area contributed by atoms with Gasteiger partial charge in [0.25, 0.3) is 0 Å². The van der Waals surface area contributed by atoms with Crippen LogP contribution >= 0.6 is 0 Å². The fourth-order valence-corrected chi connectivity index (χ4v) is 6.33. The van der Waals surface area contributed by atoms with Gasteiger partial charge < -0.3 is 10.2 Å². The van der Waals surface area contributed by atoms with Crippen LogP contribution in [0, 0.1) is 5.82 Å². The van der Waals surface area contributed by atoms with Crippen molar-refractivity contribution in [2.24, 2.45) is 9.50 Å². The van der Waals surface area contributed by atoms with Crippen LogP contribution in [0.2, 0.25) is 0 Å². The van der Waals surface area contributed by atoms with Gasteiger partial charge in [0.05, 0.1) is 4.90 Å². The molecule has 1 fully saturated rings. The molecule has 0 saturated carbocycles. The van der Waals surface area contributed by atoms with Gasteiger partial charge in [0.2, 0.25) is 0 Å². The maximum absolute atomic E-state index is 14.9. The molecule has 5 rings (SSSR count). The number of nitrogens with zero attached hydrogens (tertiary/aromatic N) is 2. The highest BCUT2D eigenvalue weighted by Gasteiger charge is 2.27. The van der Waals surface area contributed by atoms with Gasteiger partial charge in [-0.1, -0.05) is 12.1 Å². The third-order valence-corrected chi connectivity index (χ3v) is 8.46. The Labute approximate surface area is 188 Å². The van der Waals surface area contributed by atoms with Crippen LogP contribution in [0.5, 0.6) is 0 Å². The zero-order valence-corrected chi connectivity index (χ0v) is 19.1. The molecule has 1 heterocycles. The molecular weight excluding hydrogens is 427 g/mol. The first-order valence-corrected chi connectivity index (χ1v) is 12.9. The zero-order valence-electron chi connectivity index (χ0n) is 18.3. The minimum Gasteiger partial charge on any atom is -0.306 e. The van der Waals surface area contributed by atoms with Crippen LogP contribution in [-0.2, 0) is 35.6 Å². The summed E-state index contributed by atoms with van der Waals surface area (Å²) in [5.74, 6) is -0.450. The van der Waals surface area contributed by atoms with Gasteiger partial charge in [-0.05, 0) is 104 Å². The van der Waals surface area contributed by atoms with Crippen molar-refractivity contribution in [2.75, 3.05) is 25.5 Å². The summed E-state index contributed by atoms with van der Waals surface area (Å²) >= 11 is 0. The van der Waals surface area contributed by atoms with E-state index >= 15 is 0 Å². The molecule has 0 radical (unpaired) electrons. The van der Waals surface area contributed by atoms with E-state index in [1.54, 1.807) is 6.07 Å². The summed E-state index contributed by atoms with van der Waals surface area (Å²) in [6, 6.07) is 6.02. The molecule has 2 aliphatic carbocycles. The van der Waals surface area contributed by atoms with Gasteiger partial charge in [-0.15, -0.1) is 4.36 Å². The summed E-state index contributed by atoms with van der Waals surface area (Å²) in [6.45, 7) is 1.89. The Bertz CT molecular complexity index is 1220. The molecule has 170 valence electrons. The molecule has 6 nitrogen and oxygen atoms in total. The fourth-order valence-electron chi connectivity index (χ4n) is 5.34. The fraction of sp³-hybridized carbons (Fsp3) is 0.458. The van der Waals surface area contributed by atoms with E-state index in [4.69, 9.17) is 5.14 Å². The van der Waals surface area contributed by atoms with Gasteiger partial charge in [-0.3, -0.25) is 0 Å². The number of piperidine rings is 1. The SMILES string of the molecule is CN1CCC[C@@H](c2ccc([S@@](N)(=O)=NC(=O)Nc3c4c(cc5c3CC5)CCC4)c(F)c2)C1. The minimum absolute atomic E-state index is 0.227. The lowest BCUT2D eigenvalue weighted by Gasteiger charge is -2.30. The summed E-state index contributed by atoms with van der Waals surface area (Å²) in [5.41, 5.74) is 6.44. The van der Waals surface area contributed by atoms with Crippen LogP contribution in [0.15, 0.2) is 33.5 Å². The lowest BCUT2D eigenvalue weighted by molar-refractivity contribution is 0.250. The summed E-state index contributed by atoms with van der Waals surface area (Å²) in [6.07, 6.45) is 6.92. The second kappa shape index (κ2) is 8.24. The summed E-state index contributed by atoms with van der Waals surface area (Å²) in [5, 5.41) is 8.71. The number of urea groups is 1. The molecule has 2 atom stereocenters. The predicted octanol–water partition coefficient (Wildman–Crippen LogP) is 4.15. The van der Waals surface area contributed by atoms with Crippen molar-refractivity contribution in [3.8, 4) is 0 Å². The maximum atomic E-state index is 14.9. The number of halogens is 1. The third-order valence-electron chi connectivity index (χ3n) is 7.06. The van der Waals surface area contributed by atoms with E-state index in [2.05, 4.69) is 27.7 Å². The molecule has 0 unspecified atom stereocenters. The molecule has 0 aromatic heterocycles. The molecule has 0 spiro atoms. The first-order valence-electron chi connectivity index (χ1n) is 11.3. The standard InChI is InChI=1S/C24H29FN4O2S/c1-29-11-3-5-18(14-29)15-8-10-22(21(25)13-15)32(26,31)28-24(30)27-23-19-6-2-4-16(19)12-17-7-9-20(17)23/h8,10,12-13,18H,2-7,9,11,14H2,1H3,(H3,26,27,28,30,31)/t18-,32+/m1/s1. The van der Waals surface area contributed by atoms with E-state index in [-0.39, 0.29) is 10.8 Å². The van der Waals surface area contributed by atoms with E-state index < -0.39 is 21.8 Å². The van der Waals surface area contributed by atoms with Crippen molar-refractivity contribution in [3.63, 3.8) is 0 Å². The Hall–Kier alpha value is -2.29. The molecule has 1 aliphatic heterocycles. The molecule has 3 N–H and O–H groups in total. The number of aryl methyl sites for hydroxylation is 2. The number of anilines is 1. The summed E-state index contributed by atoms with van der Waals surface area (Å²) in [7, 11) is -1.66. The number of amides is 2. The number of benzene rings is 2. The third kappa shape index (κ3) is 3.95. The maximum Gasteiger partial charge on any atom is 0.354 e. The number of nitrogens with one attached hydrogen (secondary N) is 1. The zero-order chi connectivity index (χ0) is 22.5. The molecule has 3 aliphatic rings. The van der Waals surface area contributed by atoms with Gasteiger partial charge >= 0.3 is 6.03 Å². The van der Waals surface area contributed by atoms with E-state index in [1.807, 2.05) is 0 Å². The van der Waals surface area contributed by atoms with Crippen LogP contribution in [0.1, 0.15) is 53.0 Å². The van der Waals surface area contributed by atoms with E-state index in [0.29, 0.717) is 0 Å². The van der Waals surface area contributed by atoms with Gasteiger partial charge in [0.1, 0.15) is 15.7 Å². The van der Waals surface area contributed by atoms with Crippen molar-refractivity contribution in [2.45, 2.75) is 55.8 Å². The Kier molecular flexibility index (Phi) is 5.55. The van der Waals surface area contributed by atoms with Crippen LogP contribution in [0.4, 0.5) is 14.9 Å². The molecule has 1 saturated heterocycles. The smallest absolute Gasteiger partial charge is 0.306 e. The van der Waals surface area contributed by atoms with Crippen LogP contribution in [0.25, 0.3) is 0 Å². The van der Waals surface area contributed by atoms with Crippen LogP contribution < -0.4 is 10.5 Å². The molecular formula is C24H29FN4O2S. The highest BCUT2D eigenvalue weighted by Crippen LogP contribution is 2.39. The number of fused-ring (bicyclic) bond motifs is 2. The predicted molar refractivity (Wildman–Crippen MR) is 124 cm³/mol. The topological polar surface area (TPSA) is 87.8 Å². The van der Waals surface area contributed by atoms with Crippen molar-refractivity contribution in [1.29, 1.82) is 0 Å². The summed E-state index contributed by atoms with van der Waals surface area (Å²) in [4.78, 5) is 14.7. The number of likely N-dealkylation sites (tertiary alicyclic amines) is 1. The lowest BCUT2D eigenvalue weighted by Crippen LogP contribution is -2.30. The quantitative estimate of drug-likeness (QED) is 0.727. The minimum atomic E-state index is -3.71. The monoisotopic (exact) mass is 456 g/mol. The number of hydrogen-bond acceptors (Lipinski definition) is 3. The van der Waals surface area contributed by atoms with Gasteiger partial charge in [-0.25, -0.2) is 18.5 Å². The van der Waals surface area contributed by atoms with Gasteiger partial charge in [0.15, 0.2) is 0 Å². The average Bonchev–Trinajstić information content (AvgIpc) is 3.18. The highest BCUT2D eigenvalue weighted by molar-refractivity contribution is 7.91. The Morgan fingerprint density at radius 3 is 2.66 bits per heavy atom. The summed E-state index contributed by atoms with van der Waals surface area (Å²) < 4.78 is 31.7. The Morgan fingerprint density at radius 2 is 1.94 bits per heavy atom. The van der Waals surface area contributed by atoms with Gasteiger partial charge in [-0.2, -0.15) is 0 Å². The molecule has 2 aromatic rings. The molecule has 0 bridgehead atoms. The Morgan fingerprint density at radius 1 is 1.16 bits per heavy atom. The van der Waals surface area contributed by atoms with E-state index in [9.17, 15) is 13.4 Å². The average molecular weight is 457 g/mol. The molecule has 2 aromatic carbocycles. The van der Waals surface area contributed by atoms with Crippen molar-refractivity contribution in [1.82, 2.24) is 4.90 Å². The molecule has 2 amide bonds. The number of carbonyl (C=O) groups excluding carboxylic acids is 1. The van der Waals surface area contributed by atoms with Crippen molar-refractivity contribution < 1.29 is 13.4 Å². The number of hydrogen-bond donors (Lipinski definition) is 2. The largest absolute Gasteiger partial charge is 0.354 e. The second-order valence-electron chi connectivity index (χ2n) is 9.26. The van der Waals surface area contributed by atoms with E-state index in [0.717, 1.165) is 80.4 Å². The number of likely N-dealkylation sites (N-methyl/N-ethyl adjacent to an activating group) is 1. The van der Waals surface area contributed by atoms with Crippen molar-refractivity contribution >= 4 is 21.6 Å². The number of carbonyl (C=O) groups is 1. The number of nitrogens with two attached hydrogens (primary N) is 1. The van der Waals surface area contributed by atoms with Crippen molar-refractivity contribution in [3.05, 3.63) is 57.9 Å². The second-order valence-corrected chi connectivity index (χ2v) is 11.0.